The molecule has 0 fully saturated rings. The van der Waals surface area contributed by atoms with Crippen molar-refractivity contribution >= 4 is 38.9 Å². The standard InChI is InChI=1S/C23H35As.ClH/c1-2-3-4-5-6-7-8-11-19-24-20-13-17-22-16-12-15-21-14-9-10-18-23(21)22;/h9-10,12,14-16,18,24H,2-8,11,13,17,19-20H2,1H3;1H. The Balaban J connectivity index is 0.00000312. The zero-order valence-corrected chi connectivity index (χ0v) is 18.8. The third-order valence-electron chi connectivity index (χ3n) is 4.89. The summed E-state index contributed by atoms with van der Waals surface area (Å²) >= 11 is 0.318. The van der Waals surface area contributed by atoms with Gasteiger partial charge in [0.15, 0.2) is 0 Å². The summed E-state index contributed by atoms with van der Waals surface area (Å²) in [5, 5.41) is 5.93. The summed E-state index contributed by atoms with van der Waals surface area (Å²) in [4.78, 5) is 0. The molecule has 1 unspecified atom stereocenters. The molecule has 0 amide bonds. The van der Waals surface area contributed by atoms with Gasteiger partial charge in [-0.1, -0.05) is 0 Å². The van der Waals surface area contributed by atoms with Gasteiger partial charge in [-0.05, 0) is 0 Å². The van der Waals surface area contributed by atoms with Gasteiger partial charge in [0.05, 0.1) is 0 Å². The number of hydrogen-bond acceptors (Lipinski definition) is 0. The van der Waals surface area contributed by atoms with Gasteiger partial charge in [0.1, 0.15) is 0 Å². The molecular weight excluding hydrogens is 387 g/mol. The van der Waals surface area contributed by atoms with Crippen LogP contribution in [-0.2, 0) is 6.42 Å². The van der Waals surface area contributed by atoms with Crippen LogP contribution < -0.4 is 0 Å². The number of aryl methyl sites for hydroxylation is 1. The van der Waals surface area contributed by atoms with E-state index >= 15 is 0 Å². The smallest absolute Gasteiger partial charge is 0.147 e. The summed E-state index contributed by atoms with van der Waals surface area (Å²) in [6, 6.07) is 15.6. The van der Waals surface area contributed by atoms with E-state index in [2.05, 4.69) is 49.4 Å². The predicted octanol–water partition coefficient (Wildman–Crippen LogP) is 7.61. The largest absolute Gasteiger partial charge is 0.147 e. The Morgan fingerprint density at radius 1 is 0.680 bits per heavy atom. The van der Waals surface area contributed by atoms with E-state index in [1.807, 2.05) is 0 Å². The Bertz CT molecular complexity index is 562. The van der Waals surface area contributed by atoms with Crippen LogP contribution in [0.25, 0.3) is 10.8 Å². The molecule has 1 atom stereocenters. The Morgan fingerprint density at radius 3 is 2.12 bits per heavy atom. The fourth-order valence-corrected chi connectivity index (χ4v) is 5.89. The van der Waals surface area contributed by atoms with Crippen molar-refractivity contribution in [2.75, 3.05) is 0 Å². The minimum Gasteiger partial charge on any atom is -0.147 e. The number of fused-ring (bicyclic) bond motifs is 1. The first-order chi connectivity index (χ1) is 11.9. The van der Waals surface area contributed by atoms with Gasteiger partial charge in [-0.2, -0.15) is 0 Å². The maximum Gasteiger partial charge on any atom is -0.147 e. The van der Waals surface area contributed by atoms with Gasteiger partial charge >= 0.3 is 156 Å². The van der Waals surface area contributed by atoms with Gasteiger partial charge in [-0.25, -0.2) is 0 Å². The summed E-state index contributed by atoms with van der Waals surface area (Å²) in [7, 11) is 0. The molecule has 0 aliphatic heterocycles. The second kappa shape index (κ2) is 14.7. The summed E-state index contributed by atoms with van der Waals surface area (Å²) in [5.74, 6) is 0. The van der Waals surface area contributed by atoms with Gasteiger partial charge in [0, 0.05) is 0 Å². The topological polar surface area (TPSA) is 0 Å². The average Bonchev–Trinajstić information content (AvgIpc) is 2.63. The maximum atomic E-state index is 2.32. The van der Waals surface area contributed by atoms with Crippen LogP contribution >= 0.6 is 12.4 Å². The van der Waals surface area contributed by atoms with E-state index in [1.165, 1.54) is 80.2 Å². The zero-order chi connectivity index (χ0) is 16.9. The quantitative estimate of drug-likeness (QED) is 0.230. The molecule has 0 bridgehead atoms. The van der Waals surface area contributed by atoms with Crippen molar-refractivity contribution in [3.05, 3.63) is 48.0 Å². The Labute approximate surface area is 168 Å². The normalized spacial score (nSPS) is 11.2. The third-order valence-corrected chi connectivity index (χ3v) is 7.85. The van der Waals surface area contributed by atoms with Gasteiger partial charge in [-0.15, -0.1) is 12.4 Å². The van der Waals surface area contributed by atoms with Crippen LogP contribution in [0.15, 0.2) is 42.5 Å². The molecular formula is C23H36AsCl. The number of rotatable bonds is 13. The Hall–Kier alpha value is -0.452. The van der Waals surface area contributed by atoms with Crippen LogP contribution in [0.4, 0.5) is 0 Å². The molecule has 0 saturated carbocycles. The monoisotopic (exact) mass is 422 g/mol. The molecule has 0 nitrogen and oxygen atoms in total. The van der Waals surface area contributed by atoms with E-state index in [4.69, 9.17) is 0 Å². The molecule has 25 heavy (non-hydrogen) atoms. The first-order valence-corrected chi connectivity index (χ1v) is 13.1. The first-order valence-electron chi connectivity index (χ1n) is 10.1. The van der Waals surface area contributed by atoms with E-state index in [9.17, 15) is 0 Å². The van der Waals surface area contributed by atoms with Crippen LogP contribution in [0.5, 0.6) is 0 Å². The first kappa shape index (κ1) is 22.6. The summed E-state index contributed by atoms with van der Waals surface area (Å²) in [6.45, 7) is 2.30. The maximum absolute atomic E-state index is 2.32. The fraction of sp³-hybridized carbons (Fsp3) is 0.565. The molecule has 0 aromatic heterocycles. The zero-order valence-electron chi connectivity index (χ0n) is 15.9. The third kappa shape index (κ3) is 9.16. The van der Waals surface area contributed by atoms with Crippen LogP contribution in [0.2, 0.25) is 10.4 Å². The minimum atomic E-state index is 0. The van der Waals surface area contributed by atoms with E-state index in [0.29, 0.717) is 15.8 Å². The predicted molar refractivity (Wildman–Crippen MR) is 119 cm³/mol. The van der Waals surface area contributed by atoms with Crippen molar-refractivity contribution in [3.8, 4) is 0 Å². The van der Waals surface area contributed by atoms with Gasteiger partial charge in [0.25, 0.3) is 0 Å². The summed E-state index contributed by atoms with van der Waals surface area (Å²) < 4.78 is 0. The van der Waals surface area contributed by atoms with E-state index in [-0.39, 0.29) is 12.4 Å². The van der Waals surface area contributed by atoms with Gasteiger partial charge in [-0.3, -0.25) is 0 Å². The van der Waals surface area contributed by atoms with E-state index in [1.54, 1.807) is 10.8 Å². The van der Waals surface area contributed by atoms with Crippen LogP contribution in [0, 0.1) is 0 Å². The Morgan fingerprint density at radius 2 is 1.32 bits per heavy atom. The van der Waals surface area contributed by atoms with Crippen molar-refractivity contribution in [1.29, 1.82) is 0 Å². The van der Waals surface area contributed by atoms with Crippen molar-refractivity contribution in [2.24, 2.45) is 0 Å². The molecule has 0 spiro atoms. The van der Waals surface area contributed by atoms with Gasteiger partial charge in [0.2, 0.25) is 0 Å². The molecule has 2 rings (SSSR count). The SMILES string of the molecule is CCCCCCCCCC[AsH]CCCc1cccc2ccccc12.Cl. The van der Waals surface area contributed by atoms with Crippen molar-refractivity contribution < 1.29 is 0 Å². The second-order valence-corrected chi connectivity index (χ2v) is 10.1. The molecule has 0 aliphatic carbocycles. The number of unbranched alkanes of at least 4 members (excludes halogenated alkanes) is 7. The number of halogens is 1. The molecule has 2 heteroatoms. The second-order valence-electron chi connectivity index (χ2n) is 6.97. The van der Waals surface area contributed by atoms with E-state index < -0.39 is 0 Å². The van der Waals surface area contributed by atoms with Crippen LogP contribution in [0.3, 0.4) is 0 Å². The molecule has 140 valence electrons. The molecule has 0 radical (unpaired) electrons. The van der Waals surface area contributed by atoms with Crippen molar-refractivity contribution in [1.82, 2.24) is 0 Å². The minimum absolute atomic E-state index is 0. The molecule has 0 heterocycles. The molecule has 0 aliphatic rings. The molecule has 0 N–H and O–H groups in total. The molecule has 0 saturated heterocycles. The van der Waals surface area contributed by atoms with Crippen LogP contribution in [0.1, 0.15) is 70.3 Å². The molecule has 2 aromatic carbocycles. The van der Waals surface area contributed by atoms with Gasteiger partial charge < -0.3 is 0 Å². The fourth-order valence-electron chi connectivity index (χ4n) is 3.42. The summed E-state index contributed by atoms with van der Waals surface area (Å²) in [6.07, 6.45) is 14.3. The average molecular weight is 423 g/mol. The number of benzene rings is 2. The Kier molecular flexibility index (Phi) is 13.3. The molecule has 2 aromatic rings. The summed E-state index contributed by atoms with van der Waals surface area (Å²) in [5.41, 5.74) is 1.55. The van der Waals surface area contributed by atoms with E-state index in [0.717, 1.165) is 0 Å². The van der Waals surface area contributed by atoms with Crippen molar-refractivity contribution in [3.63, 3.8) is 0 Å². The number of hydrogen-bond donors (Lipinski definition) is 0. The van der Waals surface area contributed by atoms with Crippen molar-refractivity contribution in [2.45, 2.75) is 81.5 Å². The van der Waals surface area contributed by atoms with Crippen LogP contribution in [-0.4, -0.2) is 15.8 Å².